The van der Waals surface area contributed by atoms with Crippen LogP contribution < -0.4 is 5.32 Å². The smallest absolute Gasteiger partial charge is 0.240 e. The van der Waals surface area contributed by atoms with Crippen LogP contribution in [0.25, 0.3) is 0 Å². The summed E-state index contributed by atoms with van der Waals surface area (Å²) in [5, 5.41) is 3.31. The van der Waals surface area contributed by atoms with Crippen LogP contribution in [0.15, 0.2) is 15.9 Å². The Morgan fingerprint density at radius 1 is 1.61 bits per heavy atom. The van der Waals surface area contributed by atoms with Gasteiger partial charge in [0.05, 0.1) is 16.4 Å². The van der Waals surface area contributed by atoms with Crippen molar-refractivity contribution in [3.63, 3.8) is 0 Å². The summed E-state index contributed by atoms with van der Waals surface area (Å²) in [5.74, 6) is 2.23. The molecule has 100 valence electrons. The van der Waals surface area contributed by atoms with Gasteiger partial charge in [-0.3, -0.25) is 4.79 Å². The maximum Gasteiger partial charge on any atom is 0.240 e. The van der Waals surface area contributed by atoms with Gasteiger partial charge < -0.3 is 10.2 Å². The Morgan fingerprint density at radius 2 is 2.44 bits per heavy atom. The van der Waals surface area contributed by atoms with E-state index in [1.165, 1.54) is 4.88 Å². The zero-order chi connectivity index (χ0) is 13.0. The number of hydrogen-bond acceptors (Lipinski definition) is 4. The van der Waals surface area contributed by atoms with Crippen LogP contribution in [0.4, 0.5) is 0 Å². The van der Waals surface area contributed by atoms with E-state index in [1.54, 1.807) is 11.3 Å². The third-order valence-corrected chi connectivity index (χ3v) is 5.56. The number of halogens is 1. The molecule has 1 aliphatic heterocycles. The highest BCUT2D eigenvalue weighted by atomic mass is 79.9. The van der Waals surface area contributed by atoms with Crippen molar-refractivity contribution in [2.45, 2.75) is 19.5 Å². The lowest BCUT2D eigenvalue weighted by atomic mass is 10.2. The number of carbonyl (C=O) groups excluding carboxylic acids is 1. The number of thioether (sulfide) groups is 1. The lowest BCUT2D eigenvalue weighted by Gasteiger charge is -2.28. The minimum absolute atomic E-state index is 0.00731. The number of nitrogens with zero attached hydrogens (tertiary/aromatic N) is 1. The molecule has 0 aliphatic carbocycles. The maximum absolute atomic E-state index is 12.4. The monoisotopic (exact) mass is 348 g/mol. The highest BCUT2D eigenvalue weighted by Gasteiger charge is 2.25. The molecule has 2 rings (SSSR count). The zero-order valence-corrected chi connectivity index (χ0v) is 13.5. The molecule has 0 aromatic carbocycles. The number of hydrogen-bond donors (Lipinski definition) is 1. The molecule has 0 saturated carbocycles. The first kappa shape index (κ1) is 14.4. The van der Waals surface area contributed by atoms with Crippen LogP contribution in [0, 0.1) is 0 Å². The van der Waals surface area contributed by atoms with Gasteiger partial charge in [-0.05, 0) is 35.0 Å². The summed E-state index contributed by atoms with van der Waals surface area (Å²) in [6.45, 7) is 4.45. The van der Waals surface area contributed by atoms with E-state index >= 15 is 0 Å². The number of thiophene rings is 1. The number of nitrogens with one attached hydrogen (secondary N) is 1. The molecule has 1 unspecified atom stereocenters. The molecule has 1 saturated heterocycles. The van der Waals surface area contributed by atoms with E-state index in [2.05, 4.69) is 27.3 Å². The maximum atomic E-state index is 12.4. The second-order valence-electron chi connectivity index (χ2n) is 4.14. The third-order valence-electron chi connectivity index (χ3n) is 2.89. The van der Waals surface area contributed by atoms with Crippen LogP contribution in [0.2, 0.25) is 0 Å². The fourth-order valence-electron chi connectivity index (χ4n) is 1.91. The summed E-state index contributed by atoms with van der Waals surface area (Å²) in [6, 6.07) is 4.10. The molecule has 1 fully saturated rings. The molecule has 0 bridgehead atoms. The van der Waals surface area contributed by atoms with Gasteiger partial charge in [-0.25, -0.2) is 0 Å². The van der Waals surface area contributed by atoms with E-state index in [0.29, 0.717) is 6.54 Å². The van der Waals surface area contributed by atoms with Crippen molar-refractivity contribution in [1.82, 2.24) is 10.2 Å². The molecular formula is C12H17BrN2OS2. The molecular weight excluding hydrogens is 332 g/mol. The van der Waals surface area contributed by atoms with Gasteiger partial charge in [-0.2, -0.15) is 11.8 Å². The van der Waals surface area contributed by atoms with Crippen LogP contribution in [-0.4, -0.2) is 41.4 Å². The zero-order valence-electron chi connectivity index (χ0n) is 10.3. The Balaban J connectivity index is 1.96. The first-order valence-electron chi connectivity index (χ1n) is 6.05. The van der Waals surface area contributed by atoms with Gasteiger partial charge in [0.1, 0.15) is 0 Å². The second-order valence-corrected chi connectivity index (χ2v) is 7.84. The van der Waals surface area contributed by atoms with E-state index in [4.69, 9.17) is 0 Å². The fraction of sp³-hybridized carbons (Fsp3) is 0.583. The average Bonchev–Trinajstić information content (AvgIpc) is 2.82. The topological polar surface area (TPSA) is 32.3 Å². The summed E-state index contributed by atoms with van der Waals surface area (Å²) >= 11 is 7.00. The van der Waals surface area contributed by atoms with E-state index in [9.17, 15) is 4.79 Å². The van der Waals surface area contributed by atoms with Crippen molar-refractivity contribution < 1.29 is 4.79 Å². The average molecular weight is 349 g/mol. The van der Waals surface area contributed by atoms with Crippen LogP contribution in [0.3, 0.4) is 0 Å². The predicted molar refractivity (Wildman–Crippen MR) is 82.2 cm³/mol. The van der Waals surface area contributed by atoms with Gasteiger partial charge in [-0.1, -0.05) is 0 Å². The lowest BCUT2D eigenvalue weighted by Crippen LogP contribution is -2.50. The molecule has 1 N–H and O–H groups in total. The van der Waals surface area contributed by atoms with E-state index < -0.39 is 0 Å². The van der Waals surface area contributed by atoms with Crippen molar-refractivity contribution >= 4 is 44.9 Å². The van der Waals surface area contributed by atoms with Crippen LogP contribution in [-0.2, 0) is 11.3 Å². The Labute approximate surface area is 124 Å². The van der Waals surface area contributed by atoms with Crippen molar-refractivity contribution in [2.24, 2.45) is 0 Å². The van der Waals surface area contributed by atoms with E-state index in [1.807, 2.05) is 29.7 Å². The van der Waals surface area contributed by atoms with Crippen LogP contribution in [0.1, 0.15) is 11.8 Å². The molecule has 2 heterocycles. The SMILES string of the molecule is CCN(Cc1ccc(Br)s1)C(=O)C1CSCCN1. The Morgan fingerprint density at radius 3 is 3.00 bits per heavy atom. The Kier molecular flexibility index (Phi) is 5.54. The fourth-order valence-corrected chi connectivity index (χ4v) is 4.34. The first-order chi connectivity index (χ1) is 8.70. The van der Waals surface area contributed by atoms with Crippen LogP contribution in [0.5, 0.6) is 0 Å². The van der Waals surface area contributed by atoms with Gasteiger partial charge in [0.25, 0.3) is 0 Å². The van der Waals surface area contributed by atoms with Crippen molar-refractivity contribution in [2.75, 3.05) is 24.6 Å². The molecule has 1 atom stereocenters. The van der Waals surface area contributed by atoms with Crippen molar-refractivity contribution in [3.8, 4) is 0 Å². The van der Waals surface area contributed by atoms with Gasteiger partial charge in [0, 0.05) is 29.5 Å². The summed E-state index contributed by atoms with van der Waals surface area (Å²) in [7, 11) is 0. The van der Waals surface area contributed by atoms with Crippen molar-refractivity contribution in [3.05, 3.63) is 20.8 Å². The minimum Gasteiger partial charge on any atom is -0.336 e. The van der Waals surface area contributed by atoms with Crippen LogP contribution >= 0.6 is 39.0 Å². The van der Waals surface area contributed by atoms with E-state index in [0.717, 1.165) is 28.4 Å². The largest absolute Gasteiger partial charge is 0.336 e. The summed E-state index contributed by atoms with van der Waals surface area (Å²) in [6.07, 6.45) is 0. The summed E-state index contributed by atoms with van der Waals surface area (Å²) in [5.41, 5.74) is 0. The molecule has 0 radical (unpaired) electrons. The normalized spacial score (nSPS) is 19.8. The number of likely N-dealkylation sites (N-methyl/N-ethyl adjacent to an activating group) is 1. The van der Waals surface area contributed by atoms with Gasteiger partial charge in [0.15, 0.2) is 0 Å². The molecule has 0 spiro atoms. The van der Waals surface area contributed by atoms with Gasteiger partial charge in [-0.15, -0.1) is 11.3 Å². The highest BCUT2D eigenvalue weighted by Crippen LogP contribution is 2.23. The molecule has 6 heteroatoms. The molecule has 1 aliphatic rings. The Bertz CT molecular complexity index is 405. The number of rotatable bonds is 4. The van der Waals surface area contributed by atoms with Gasteiger partial charge in [0.2, 0.25) is 5.91 Å². The quantitative estimate of drug-likeness (QED) is 0.907. The Hall–Kier alpha value is -0.0400. The highest BCUT2D eigenvalue weighted by molar-refractivity contribution is 9.11. The standard InChI is InChI=1S/C12H17BrN2OS2/c1-2-15(7-9-3-4-11(13)18-9)12(16)10-8-17-6-5-14-10/h3-4,10,14H,2,5-8H2,1H3. The molecule has 1 aromatic heterocycles. The first-order valence-corrected chi connectivity index (χ1v) is 8.81. The molecule has 1 amide bonds. The second kappa shape index (κ2) is 6.93. The predicted octanol–water partition coefficient (Wildman–Crippen LogP) is 2.56. The summed E-state index contributed by atoms with van der Waals surface area (Å²) < 4.78 is 1.12. The minimum atomic E-state index is -0.00731. The number of carbonyl (C=O) groups is 1. The number of amides is 1. The molecule has 18 heavy (non-hydrogen) atoms. The van der Waals surface area contributed by atoms with E-state index in [-0.39, 0.29) is 11.9 Å². The van der Waals surface area contributed by atoms with Gasteiger partial charge >= 0.3 is 0 Å². The lowest BCUT2D eigenvalue weighted by molar-refractivity contribution is -0.133. The van der Waals surface area contributed by atoms with Crippen molar-refractivity contribution in [1.29, 1.82) is 0 Å². The molecule has 1 aromatic rings. The third kappa shape index (κ3) is 3.73. The summed E-state index contributed by atoms with van der Waals surface area (Å²) in [4.78, 5) is 15.5. The molecule has 3 nitrogen and oxygen atoms in total.